The van der Waals surface area contributed by atoms with Crippen molar-refractivity contribution in [3.63, 3.8) is 0 Å². The van der Waals surface area contributed by atoms with Crippen molar-refractivity contribution in [2.45, 2.75) is 32.4 Å². The van der Waals surface area contributed by atoms with Crippen LogP contribution in [-0.4, -0.2) is 71.7 Å². The molecule has 1 fully saturated rings. The molecule has 1 amide bonds. The Kier molecular flexibility index (Phi) is 7.56. The van der Waals surface area contributed by atoms with Crippen molar-refractivity contribution in [1.82, 2.24) is 20.1 Å². The lowest BCUT2D eigenvalue weighted by Gasteiger charge is -2.32. The molecule has 0 bridgehead atoms. The molecule has 1 aliphatic rings. The van der Waals surface area contributed by atoms with Crippen LogP contribution in [0.15, 0.2) is 29.6 Å². The SMILES string of the molecule is CCC(CO)NC(=O)Cc1csc(-c2ccc(CN3CCN(C)CC3)cc2)n1. The number of piperazine rings is 1. The van der Waals surface area contributed by atoms with Crippen molar-refractivity contribution in [2.24, 2.45) is 0 Å². The predicted molar refractivity (Wildman–Crippen MR) is 113 cm³/mol. The molecule has 3 rings (SSSR count). The summed E-state index contributed by atoms with van der Waals surface area (Å²) in [4.78, 5) is 21.5. The number of carbonyl (C=O) groups is 1. The lowest BCUT2D eigenvalue weighted by atomic mass is 10.1. The van der Waals surface area contributed by atoms with Crippen LogP contribution in [0.4, 0.5) is 0 Å². The number of carbonyl (C=O) groups excluding carboxylic acids is 1. The Morgan fingerprint density at radius 3 is 2.61 bits per heavy atom. The molecule has 0 aliphatic carbocycles. The molecule has 1 aliphatic heterocycles. The smallest absolute Gasteiger partial charge is 0.226 e. The fourth-order valence-electron chi connectivity index (χ4n) is 3.26. The van der Waals surface area contributed by atoms with Gasteiger partial charge in [-0.25, -0.2) is 4.98 Å². The van der Waals surface area contributed by atoms with E-state index in [4.69, 9.17) is 0 Å². The van der Waals surface area contributed by atoms with E-state index in [0.29, 0.717) is 6.42 Å². The average Bonchev–Trinajstić information content (AvgIpc) is 3.17. The van der Waals surface area contributed by atoms with Gasteiger partial charge in [0.25, 0.3) is 0 Å². The van der Waals surface area contributed by atoms with Crippen molar-refractivity contribution < 1.29 is 9.90 Å². The van der Waals surface area contributed by atoms with Crippen molar-refractivity contribution in [3.05, 3.63) is 40.9 Å². The Hall–Kier alpha value is -1.80. The van der Waals surface area contributed by atoms with Crippen LogP contribution < -0.4 is 5.32 Å². The Labute approximate surface area is 171 Å². The Morgan fingerprint density at radius 2 is 1.96 bits per heavy atom. The van der Waals surface area contributed by atoms with Crippen LogP contribution in [0.5, 0.6) is 0 Å². The van der Waals surface area contributed by atoms with Crippen LogP contribution in [0, 0.1) is 0 Å². The highest BCUT2D eigenvalue weighted by molar-refractivity contribution is 7.13. The normalized spacial score (nSPS) is 16.8. The van der Waals surface area contributed by atoms with Gasteiger partial charge < -0.3 is 15.3 Å². The minimum atomic E-state index is -0.182. The standard InChI is InChI=1S/C21H30N4O2S/c1-3-18(14-26)22-20(27)12-19-15-28-21(23-19)17-6-4-16(5-7-17)13-25-10-8-24(2)9-11-25/h4-7,15,18,26H,3,8-14H2,1-2H3,(H,22,27). The minimum Gasteiger partial charge on any atom is -0.394 e. The third-order valence-electron chi connectivity index (χ3n) is 5.17. The number of rotatable bonds is 8. The zero-order valence-electron chi connectivity index (χ0n) is 16.7. The fraction of sp³-hybridized carbons (Fsp3) is 0.524. The van der Waals surface area contributed by atoms with Gasteiger partial charge in [0, 0.05) is 43.7 Å². The summed E-state index contributed by atoms with van der Waals surface area (Å²) in [6.07, 6.45) is 0.958. The molecule has 1 atom stereocenters. The highest BCUT2D eigenvalue weighted by Crippen LogP contribution is 2.24. The van der Waals surface area contributed by atoms with E-state index in [1.807, 2.05) is 12.3 Å². The number of aromatic nitrogens is 1. The number of benzene rings is 1. The van der Waals surface area contributed by atoms with Crippen LogP contribution >= 0.6 is 11.3 Å². The summed E-state index contributed by atoms with van der Waals surface area (Å²) in [5.41, 5.74) is 3.17. The van der Waals surface area contributed by atoms with Gasteiger partial charge in [-0.15, -0.1) is 11.3 Å². The van der Waals surface area contributed by atoms with Crippen molar-refractivity contribution in [1.29, 1.82) is 0 Å². The van der Waals surface area contributed by atoms with Crippen LogP contribution in [0.3, 0.4) is 0 Å². The van der Waals surface area contributed by atoms with Crippen molar-refractivity contribution in [3.8, 4) is 10.6 Å². The molecule has 7 heteroatoms. The van der Waals surface area contributed by atoms with E-state index in [-0.39, 0.29) is 25.0 Å². The summed E-state index contributed by atoms with van der Waals surface area (Å²) < 4.78 is 0. The summed E-state index contributed by atoms with van der Waals surface area (Å²) in [6.45, 7) is 7.38. The molecule has 1 unspecified atom stereocenters. The number of nitrogens with one attached hydrogen (secondary N) is 1. The number of hydrogen-bond acceptors (Lipinski definition) is 6. The minimum absolute atomic E-state index is 0.0367. The molecule has 2 N–H and O–H groups in total. The van der Waals surface area contributed by atoms with Crippen molar-refractivity contribution >= 4 is 17.2 Å². The summed E-state index contributed by atoms with van der Waals surface area (Å²) in [5, 5.41) is 14.9. The zero-order valence-corrected chi connectivity index (χ0v) is 17.5. The van der Waals surface area contributed by atoms with Crippen LogP contribution in [0.2, 0.25) is 0 Å². The molecular weight excluding hydrogens is 372 g/mol. The summed E-state index contributed by atoms with van der Waals surface area (Å²) in [5.74, 6) is -0.0970. The van der Waals surface area contributed by atoms with E-state index in [0.717, 1.165) is 49.0 Å². The number of likely N-dealkylation sites (N-methyl/N-ethyl adjacent to an activating group) is 1. The monoisotopic (exact) mass is 402 g/mol. The van der Waals surface area contributed by atoms with Gasteiger partial charge in [-0.05, 0) is 19.0 Å². The highest BCUT2D eigenvalue weighted by atomic mass is 32.1. The molecule has 2 heterocycles. The Morgan fingerprint density at radius 1 is 1.25 bits per heavy atom. The first-order valence-electron chi connectivity index (χ1n) is 9.92. The van der Waals surface area contributed by atoms with Gasteiger partial charge in [-0.2, -0.15) is 0 Å². The predicted octanol–water partition coefficient (Wildman–Crippen LogP) is 1.99. The largest absolute Gasteiger partial charge is 0.394 e. The third-order valence-corrected chi connectivity index (χ3v) is 6.11. The van der Waals surface area contributed by atoms with Crippen LogP contribution in [0.1, 0.15) is 24.6 Å². The molecule has 1 aromatic carbocycles. The lowest BCUT2D eigenvalue weighted by Crippen LogP contribution is -2.43. The summed E-state index contributed by atoms with van der Waals surface area (Å²) in [6, 6.07) is 8.40. The second kappa shape index (κ2) is 10.1. The lowest BCUT2D eigenvalue weighted by molar-refractivity contribution is -0.121. The second-order valence-corrected chi connectivity index (χ2v) is 8.31. The number of thiazole rings is 1. The maximum Gasteiger partial charge on any atom is 0.226 e. The van der Waals surface area contributed by atoms with E-state index in [1.165, 1.54) is 5.56 Å². The molecular formula is C21H30N4O2S. The highest BCUT2D eigenvalue weighted by Gasteiger charge is 2.15. The first-order chi connectivity index (χ1) is 13.6. The number of amides is 1. The number of hydrogen-bond donors (Lipinski definition) is 2. The zero-order chi connectivity index (χ0) is 19.9. The summed E-state index contributed by atoms with van der Waals surface area (Å²) >= 11 is 1.56. The topological polar surface area (TPSA) is 68.7 Å². The molecule has 1 aromatic heterocycles. The van der Waals surface area contributed by atoms with Crippen molar-refractivity contribution in [2.75, 3.05) is 39.8 Å². The molecule has 0 spiro atoms. The number of nitrogens with zero attached hydrogens (tertiary/aromatic N) is 3. The van der Waals surface area contributed by atoms with E-state index < -0.39 is 0 Å². The van der Waals surface area contributed by atoms with Gasteiger partial charge in [0.1, 0.15) is 5.01 Å². The van der Waals surface area contributed by atoms with Gasteiger partial charge >= 0.3 is 0 Å². The van der Waals surface area contributed by atoms with Gasteiger partial charge in [-0.1, -0.05) is 31.2 Å². The van der Waals surface area contributed by atoms with Crippen LogP contribution in [0.25, 0.3) is 10.6 Å². The van der Waals surface area contributed by atoms with Gasteiger partial charge in [0.05, 0.1) is 24.8 Å². The molecule has 1 saturated heterocycles. The van der Waals surface area contributed by atoms with E-state index in [2.05, 4.69) is 51.4 Å². The van der Waals surface area contributed by atoms with Gasteiger partial charge in [0.2, 0.25) is 5.91 Å². The second-order valence-electron chi connectivity index (χ2n) is 7.45. The number of aliphatic hydroxyl groups excluding tert-OH is 1. The average molecular weight is 403 g/mol. The van der Waals surface area contributed by atoms with Gasteiger partial charge in [0.15, 0.2) is 0 Å². The van der Waals surface area contributed by atoms with Gasteiger partial charge in [-0.3, -0.25) is 9.69 Å². The van der Waals surface area contributed by atoms with Crippen LogP contribution in [-0.2, 0) is 17.8 Å². The quantitative estimate of drug-likeness (QED) is 0.707. The Balaban J connectivity index is 1.55. The van der Waals surface area contributed by atoms with E-state index in [1.54, 1.807) is 11.3 Å². The molecule has 28 heavy (non-hydrogen) atoms. The summed E-state index contributed by atoms with van der Waals surface area (Å²) in [7, 11) is 2.17. The van der Waals surface area contributed by atoms with E-state index in [9.17, 15) is 9.90 Å². The fourth-order valence-corrected chi connectivity index (χ4v) is 4.08. The third kappa shape index (κ3) is 5.85. The maximum absolute atomic E-state index is 12.1. The first-order valence-corrected chi connectivity index (χ1v) is 10.8. The molecule has 0 radical (unpaired) electrons. The molecule has 6 nitrogen and oxygen atoms in total. The number of aliphatic hydroxyl groups is 1. The first kappa shape index (κ1) is 20.9. The maximum atomic E-state index is 12.1. The Bertz CT molecular complexity index is 750. The molecule has 0 saturated carbocycles. The van der Waals surface area contributed by atoms with E-state index >= 15 is 0 Å². The molecule has 152 valence electrons. The molecule has 2 aromatic rings.